The van der Waals surface area contributed by atoms with Crippen LogP contribution < -0.4 is 11.0 Å². The predicted octanol–water partition coefficient (Wildman–Crippen LogP) is 2.25. The highest BCUT2D eigenvalue weighted by Gasteiger charge is 2.41. The minimum absolute atomic E-state index is 0.0220. The molecule has 0 radical (unpaired) electrons. The van der Waals surface area contributed by atoms with E-state index in [2.05, 4.69) is 15.7 Å². The van der Waals surface area contributed by atoms with Crippen LogP contribution in [0.2, 0.25) is 5.02 Å². The predicted molar refractivity (Wildman–Crippen MR) is 94.3 cm³/mol. The SMILES string of the molecule is C[C@H](NC(=O)Cn1nnn(C(C)(C)C2CC2)c1=O)c1ccc(Cl)c(F)c1. The van der Waals surface area contributed by atoms with Crippen molar-refractivity contribution < 1.29 is 9.18 Å². The van der Waals surface area contributed by atoms with Gasteiger partial charge in [0.1, 0.15) is 12.4 Å². The second-order valence-electron chi connectivity index (χ2n) is 7.22. The molecular formula is C17H21ClFN5O2. The summed E-state index contributed by atoms with van der Waals surface area (Å²) in [6, 6.07) is 3.90. The molecule has 0 spiro atoms. The van der Waals surface area contributed by atoms with E-state index in [1.807, 2.05) is 13.8 Å². The zero-order valence-corrected chi connectivity index (χ0v) is 15.6. The van der Waals surface area contributed by atoms with Crippen LogP contribution in [0.15, 0.2) is 23.0 Å². The van der Waals surface area contributed by atoms with Gasteiger partial charge < -0.3 is 5.32 Å². The summed E-state index contributed by atoms with van der Waals surface area (Å²) < 4.78 is 15.9. The smallest absolute Gasteiger partial charge is 0.348 e. The topological polar surface area (TPSA) is 81.8 Å². The molecule has 2 aromatic rings. The van der Waals surface area contributed by atoms with Crippen molar-refractivity contribution >= 4 is 17.5 Å². The Bertz CT molecular complexity index is 888. The molecule has 1 aromatic carbocycles. The van der Waals surface area contributed by atoms with Gasteiger partial charge in [-0.3, -0.25) is 4.79 Å². The zero-order valence-electron chi connectivity index (χ0n) is 14.9. The summed E-state index contributed by atoms with van der Waals surface area (Å²) in [5, 5.41) is 10.5. The molecule has 1 aromatic heterocycles. The Kier molecular flexibility index (Phi) is 4.88. The first-order valence-electron chi connectivity index (χ1n) is 8.47. The van der Waals surface area contributed by atoms with Crippen LogP contribution in [-0.2, 0) is 16.9 Å². The highest BCUT2D eigenvalue weighted by atomic mass is 35.5. The molecular weight excluding hydrogens is 361 g/mol. The quantitative estimate of drug-likeness (QED) is 0.832. The molecule has 0 unspecified atom stereocenters. The van der Waals surface area contributed by atoms with E-state index < -0.39 is 29.0 Å². The summed E-state index contributed by atoms with van der Waals surface area (Å²) in [6.45, 7) is 5.36. The van der Waals surface area contributed by atoms with Crippen molar-refractivity contribution in [2.45, 2.75) is 51.7 Å². The molecule has 1 amide bonds. The number of hydrogen-bond acceptors (Lipinski definition) is 4. The molecule has 0 aliphatic heterocycles. The summed E-state index contributed by atoms with van der Waals surface area (Å²) >= 11 is 5.66. The van der Waals surface area contributed by atoms with E-state index in [4.69, 9.17) is 11.6 Å². The second-order valence-corrected chi connectivity index (χ2v) is 7.63. The van der Waals surface area contributed by atoms with Crippen molar-refractivity contribution in [1.82, 2.24) is 25.1 Å². The number of halogens is 2. The number of rotatable bonds is 6. The number of benzene rings is 1. The van der Waals surface area contributed by atoms with Gasteiger partial charge in [-0.1, -0.05) is 17.7 Å². The van der Waals surface area contributed by atoms with Gasteiger partial charge in [-0.25, -0.2) is 9.18 Å². The van der Waals surface area contributed by atoms with E-state index in [9.17, 15) is 14.0 Å². The summed E-state index contributed by atoms with van der Waals surface area (Å²) in [6.07, 6.45) is 2.11. The van der Waals surface area contributed by atoms with E-state index in [-0.39, 0.29) is 11.6 Å². The number of tetrazole rings is 1. The molecule has 1 N–H and O–H groups in total. The van der Waals surface area contributed by atoms with E-state index in [0.717, 1.165) is 17.5 Å². The lowest BCUT2D eigenvalue weighted by Crippen LogP contribution is -2.41. The van der Waals surface area contributed by atoms with Crippen molar-refractivity contribution in [2.24, 2.45) is 5.92 Å². The minimum Gasteiger partial charge on any atom is -0.348 e. The maximum atomic E-state index is 13.6. The van der Waals surface area contributed by atoms with E-state index in [1.165, 1.54) is 16.8 Å². The van der Waals surface area contributed by atoms with Gasteiger partial charge in [0.15, 0.2) is 0 Å². The average molecular weight is 382 g/mol. The first-order valence-corrected chi connectivity index (χ1v) is 8.85. The normalized spacial score (nSPS) is 15.7. The Morgan fingerprint density at radius 1 is 1.42 bits per heavy atom. The highest BCUT2D eigenvalue weighted by molar-refractivity contribution is 6.30. The Labute approximate surface area is 155 Å². The Morgan fingerprint density at radius 2 is 2.12 bits per heavy atom. The maximum Gasteiger partial charge on any atom is 0.364 e. The van der Waals surface area contributed by atoms with E-state index in [0.29, 0.717) is 11.5 Å². The van der Waals surface area contributed by atoms with Crippen molar-refractivity contribution in [3.8, 4) is 0 Å². The molecule has 7 nitrogen and oxygen atoms in total. The number of carbonyl (C=O) groups is 1. The lowest BCUT2D eigenvalue weighted by molar-refractivity contribution is -0.122. The molecule has 1 fully saturated rings. The maximum absolute atomic E-state index is 13.6. The lowest BCUT2D eigenvalue weighted by atomic mass is 9.99. The highest BCUT2D eigenvalue weighted by Crippen LogP contribution is 2.42. The van der Waals surface area contributed by atoms with Gasteiger partial charge in [0.2, 0.25) is 5.91 Å². The molecule has 26 heavy (non-hydrogen) atoms. The zero-order chi connectivity index (χ0) is 19.1. The van der Waals surface area contributed by atoms with E-state index >= 15 is 0 Å². The molecule has 1 aliphatic carbocycles. The third-order valence-corrected chi connectivity index (χ3v) is 5.18. The third kappa shape index (κ3) is 3.65. The van der Waals surface area contributed by atoms with Gasteiger partial charge in [0.05, 0.1) is 16.6 Å². The van der Waals surface area contributed by atoms with Gasteiger partial charge in [-0.15, -0.1) is 0 Å². The van der Waals surface area contributed by atoms with Gasteiger partial charge >= 0.3 is 5.69 Å². The van der Waals surface area contributed by atoms with Crippen LogP contribution in [0.4, 0.5) is 4.39 Å². The van der Waals surface area contributed by atoms with E-state index in [1.54, 1.807) is 13.0 Å². The molecule has 9 heteroatoms. The van der Waals surface area contributed by atoms with Crippen LogP contribution in [-0.4, -0.2) is 25.7 Å². The Morgan fingerprint density at radius 3 is 2.73 bits per heavy atom. The fraction of sp³-hybridized carbons (Fsp3) is 0.529. The van der Waals surface area contributed by atoms with Crippen LogP contribution >= 0.6 is 11.6 Å². The number of aromatic nitrogens is 4. The summed E-state index contributed by atoms with van der Waals surface area (Å²) in [5.74, 6) is -0.558. The molecule has 1 saturated carbocycles. The van der Waals surface area contributed by atoms with Crippen molar-refractivity contribution in [2.75, 3.05) is 0 Å². The molecule has 1 heterocycles. The van der Waals surface area contributed by atoms with Gasteiger partial charge in [-0.05, 0) is 67.7 Å². The van der Waals surface area contributed by atoms with Crippen molar-refractivity contribution in [1.29, 1.82) is 0 Å². The van der Waals surface area contributed by atoms with Crippen LogP contribution in [0.3, 0.4) is 0 Å². The first-order chi connectivity index (χ1) is 12.2. The fourth-order valence-corrected chi connectivity index (χ4v) is 3.10. The number of nitrogens with one attached hydrogen (secondary N) is 1. The number of hydrogen-bond donors (Lipinski definition) is 1. The van der Waals surface area contributed by atoms with Crippen LogP contribution in [0.5, 0.6) is 0 Å². The Hall–Kier alpha value is -2.22. The van der Waals surface area contributed by atoms with Crippen molar-refractivity contribution in [3.05, 3.63) is 45.1 Å². The third-order valence-electron chi connectivity index (χ3n) is 4.88. The number of carbonyl (C=O) groups excluding carboxylic acids is 1. The van der Waals surface area contributed by atoms with Gasteiger partial charge in [0.25, 0.3) is 0 Å². The minimum atomic E-state index is -0.549. The summed E-state index contributed by atoms with van der Waals surface area (Å²) in [7, 11) is 0. The summed E-state index contributed by atoms with van der Waals surface area (Å²) in [4.78, 5) is 24.7. The molecule has 0 saturated heterocycles. The van der Waals surface area contributed by atoms with Crippen molar-refractivity contribution in [3.63, 3.8) is 0 Å². The van der Waals surface area contributed by atoms with Crippen LogP contribution in [0, 0.1) is 11.7 Å². The first kappa shape index (κ1) is 18.6. The van der Waals surface area contributed by atoms with Crippen LogP contribution in [0.1, 0.15) is 45.2 Å². The lowest BCUT2D eigenvalue weighted by Gasteiger charge is -2.22. The average Bonchev–Trinajstić information content (AvgIpc) is 3.36. The molecule has 0 bridgehead atoms. The Balaban J connectivity index is 1.67. The van der Waals surface area contributed by atoms with Crippen LogP contribution in [0.25, 0.3) is 0 Å². The standard InChI is InChI=1S/C17H21ClFN5O2/c1-10(11-4-7-13(18)14(19)8-11)20-15(25)9-23-16(26)24(22-21-23)17(2,3)12-5-6-12/h4,7-8,10,12H,5-6,9H2,1-3H3,(H,20,25)/t10-/m0/s1. The molecule has 1 aliphatic rings. The molecule has 140 valence electrons. The second kappa shape index (κ2) is 6.83. The fourth-order valence-electron chi connectivity index (χ4n) is 2.99. The van der Waals surface area contributed by atoms with Gasteiger partial charge in [0, 0.05) is 0 Å². The molecule has 1 atom stereocenters. The molecule has 3 rings (SSSR count). The summed E-state index contributed by atoms with van der Waals surface area (Å²) in [5.41, 5.74) is -0.256. The number of amides is 1. The number of nitrogens with zero attached hydrogens (tertiary/aromatic N) is 4. The monoisotopic (exact) mass is 381 g/mol. The largest absolute Gasteiger partial charge is 0.364 e. The van der Waals surface area contributed by atoms with Gasteiger partial charge in [-0.2, -0.15) is 9.36 Å².